The third-order valence-corrected chi connectivity index (χ3v) is 4.07. The van der Waals surface area contributed by atoms with Gasteiger partial charge in [0.05, 0.1) is 12.6 Å². The molecule has 3 N–H and O–H groups in total. The van der Waals surface area contributed by atoms with Crippen LogP contribution in [0.4, 0.5) is 4.79 Å². The molecule has 1 amide bonds. The predicted molar refractivity (Wildman–Crippen MR) is 87.5 cm³/mol. The molecule has 8 heteroatoms. The topological polar surface area (TPSA) is 113 Å². The van der Waals surface area contributed by atoms with Crippen LogP contribution in [0.15, 0.2) is 30.3 Å². The van der Waals surface area contributed by atoms with Gasteiger partial charge in [0.15, 0.2) is 0 Å². The van der Waals surface area contributed by atoms with Gasteiger partial charge in [0, 0.05) is 0 Å². The van der Waals surface area contributed by atoms with Gasteiger partial charge in [-0.2, -0.15) is 8.42 Å². The minimum Gasteiger partial charge on any atom is -0.445 e. The Hall–Kier alpha value is -1.77. The standard InChI is InChI=1S/C16H23NO4.O2S/c1-12-7-8-16(20,14(18)9-12)11-17-15(19)21-10-13-5-3-2-4-6-13;1-3-2/h2-6,12,14,18,20H,7-11H2,1H3,(H,17,19);/t12-,14-,16-;/m0./s1. The maximum atomic E-state index is 11.6. The van der Waals surface area contributed by atoms with Crippen LogP contribution < -0.4 is 5.32 Å². The summed E-state index contributed by atoms with van der Waals surface area (Å²) in [5, 5.41) is 22.9. The van der Waals surface area contributed by atoms with E-state index in [0.29, 0.717) is 18.8 Å². The summed E-state index contributed by atoms with van der Waals surface area (Å²) in [5.74, 6) is 0.394. The zero-order chi connectivity index (χ0) is 18.0. The highest BCUT2D eigenvalue weighted by molar-refractivity contribution is 7.51. The van der Waals surface area contributed by atoms with Crippen LogP contribution in [-0.2, 0) is 22.9 Å². The van der Waals surface area contributed by atoms with E-state index in [0.717, 1.165) is 12.0 Å². The molecule has 1 saturated carbocycles. The van der Waals surface area contributed by atoms with E-state index in [-0.39, 0.29) is 13.2 Å². The van der Waals surface area contributed by atoms with E-state index < -0.39 is 29.4 Å². The minimum absolute atomic E-state index is 0.00844. The first-order chi connectivity index (χ1) is 11.4. The molecule has 0 heterocycles. The van der Waals surface area contributed by atoms with Crippen molar-refractivity contribution in [2.45, 2.75) is 44.5 Å². The number of nitrogens with one attached hydrogen (secondary N) is 1. The average molecular weight is 357 g/mol. The molecule has 0 aromatic heterocycles. The van der Waals surface area contributed by atoms with E-state index >= 15 is 0 Å². The first kappa shape index (κ1) is 20.3. The molecule has 134 valence electrons. The summed E-state index contributed by atoms with van der Waals surface area (Å²) in [7, 11) is 0. The molecule has 3 atom stereocenters. The number of carbonyl (C=O) groups excluding carboxylic acids is 1. The molecule has 0 radical (unpaired) electrons. The fourth-order valence-corrected chi connectivity index (χ4v) is 2.59. The molecular weight excluding hydrogens is 334 g/mol. The summed E-state index contributed by atoms with van der Waals surface area (Å²) >= 11 is -0.750. The molecule has 7 nitrogen and oxygen atoms in total. The molecule has 2 rings (SSSR count). The lowest BCUT2D eigenvalue weighted by molar-refractivity contribution is -0.107. The summed E-state index contributed by atoms with van der Waals surface area (Å²) in [4.78, 5) is 11.6. The molecule has 1 aliphatic rings. The van der Waals surface area contributed by atoms with Gasteiger partial charge in [-0.1, -0.05) is 37.3 Å². The number of hydrogen-bond donors (Lipinski definition) is 3. The SMILES string of the molecule is C[C@H]1CC[C@](O)(CNC(=O)OCc2ccccc2)[C@@H](O)C1.O=S=O. The molecule has 0 saturated heterocycles. The summed E-state index contributed by atoms with van der Waals surface area (Å²) in [5.41, 5.74) is -0.351. The molecule has 1 aromatic rings. The van der Waals surface area contributed by atoms with Gasteiger partial charge in [-0.3, -0.25) is 0 Å². The van der Waals surface area contributed by atoms with Crippen molar-refractivity contribution < 1.29 is 28.2 Å². The van der Waals surface area contributed by atoms with Crippen molar-refractivity contribution in [2.75, 3.05) is 6.54 Å². The van der Waals surface area contributed by atoms with Crippen LogP contribution in [0.2, 0.25) is 0 Å². The molecule has 0 spiro atoms. The summed E-state index contributed by atoms with van der Waals surface area (Å²) in [6.07, 6.45) is 0.480. The quantitative estimate of drug-likeness (QED) is 0.745. The monoisotopic (exact) mass is 357 g/mol. The van der Waals surface area contributed by atoms with Crippen molar-refractivity contribution in [3.63, 3.8) is 0 Å². The van der Waals surface area contributed by atoms with Gasteiger partial charge in [0.1, 0.15) is 12.2 Å². The molecule has 1 fully saturated rings. The number of aliphatic hydroxyl groups is 2. The Morgan fingerprint density at radius 1 is 1.38 bits per heavy atom. The van der Waals surface area contributed by atoms with E-state index in [1.807, 2.05) is 37.3 Å². The molecule has 1 aromatic carbocycles. The van der Waals surface area contributed by atoms with Gasteiger partial charge in [-0.25, -0.2) is 4.79 Å². The lowest BCUT2D eigenvalue weighted by Gasteiger charge is -2.39. The molecule has 0 bridgehead atoms. The fourth-order valence-electron chi connectivity index (χ4n) is 2.59. The molecule has 0 unspecified atom stereocenters. The number of aliphatic hydroxyl groups excluding tert-OH is 1. The Morgan fingerprint density at radius 2 is 2.00 bits per heavy atom. The highest BCUT2D eigenvalue weighted by Gasteiger charge is 2.40. The van der Waals surface area contributed by atoms with Gasteiger partial charge >= 0.3 is 17.7 Å². The van der Waals surface area contributed by atoms with Gasteiger partial charge in [-0.15, -0.1) is 0 Å². The van der Waals surface area contributed by atoms with Crippen molar-refractivity contribution in [3.8, 4) is 0 Å². The van der Waals surface area contributed by atoms with Crippen LogP contribution in [0.3, 0.4) is 0 Å². The van der Waals surface area contributed by atoms with E-state index in [9.17, 15) is 15.0 Å². The maximum absolute atomic E-state index is 11.6. The van der Waals surface area contributed by atoms with E-state index in [1.54, 1.807) is 0 Å². The number of hydrogen-bond acceptors (Lipinski definition) is 6. The Balaban J connectivity index is 0.000000891. The molecule has 24 heavy (non-hydrogen) atoms. The van der Waals surface area contributed by atoms with Gasteiger partial charge < -0.3 is 20.3 Å². The second-order valence-corrected chi connectivity index (χ2v) is 6.12. The molecular formula is C16H23NO6S. The Bertz CT molecular complexity index is 549. The van der Waals surface area contributed by atoms with Crippen molar-refractivity contribution in [1.29, 1.82) is 0 Å². The van der Waals surface area contributed by atoms with Gasteiger partial charge in [0.2, 0.25) is 0 Å². The van der Waals surface area contributed by atoms with Crippen LogP contribution in [0, 0.1) is 5.92 Å². The third kappa shape index (κ3) is 6.77. The number of ether oxygens (including phenoxy) is 1. The fraction of sp³-hybridized carbons (Fsp3) is 0.562. The average Bonchev–Trinajstić information content (AvgIpc) is 2.57. The number of alkyl carbamates (subject to hydrolysis) is 1. The lowest BCUT2D eigenvalue weighted by atomic mass is 9.77. The largest absolute Gasteiger partial charge is 0.445 e. The van der Waals surface area contributed by atoms with Crippen LogP contribution in [0.1, 0.15) is 31.7 Å². The molecule has 0 aliphatic heterocycles. The zero-order valence-corrected chi connectivity index (χ0v) is 14.3. The highest BCUT2D eigenvalue weighted by atomic mass is 32.1. The Kier molecular flexibility index (Phi) is 8.59. The second kappa shape index (κ2) is 10.2. The normalized spacial score (nSPS) is 25.8. The predicted octanol–water partition coefficient (Wildman–Crippen LogP) is 1.15. The Labute approximate surface area is 144 Å². The summed E-state index contributed by atoms with van der Waals surface area (Å²) in [6, 6.07) is 9.38. The summed E-state index contributed by atoms with van der Waals surface area (Å²) < 4.78 is 21.7. The first-order valence-corrected chi connectivity index (χ1v) is 8.34. The van der Waals surface area contributed by atoms with Crippen molar-refractivity contribution >= 4 is 17.7 Å². The van der Waals surface area contributed by atoms with Gasteiger partial charge in [0.25, 0.3) is 0 Å². The van der Waals surface area contributed by atoms with Crippen LogP contribution >= 0.6 is 0 Å². The van der Waals surface area contributed by atoms with E-state index in [4.69, 9.17) is 13.2 Å². The second-order valence-electron chi connectivity index (χ2n) is 5.98. The number of carbonyl (C=O) groups is 1. The number of benzene rings is 1. The highest BCUT2D eigenvalue weighted by Crippen LogP contribution is 2.31. The first-order valence-electron chi connectivity index (χ1n) is 7.68. The van der Waals surface area contributed by atoms with Crippen LogP contribution in [0.5, 0.6) is 0 Å². The summed E-state index contributed by atoms with van der Waals surface area (Å²) in [6.45, 7) is 2.24. The van der Waals surface area contributed by atoms with E-state index in [1.165, 1.54) is 0 Å². The number of amides is 1. The zero-order valence-electron chi connectivity index (χ0n) is 13.5. The lowest BCUT2D eigenvalue weighted by Crippen LogP contribution is -2.54. The number of rotatable bonds is 4. The van der Waals surface area contributed by atoms with Crippen molar-refractivity contribution in [3.05, 3.63) is 35.9 Å². The van der Waals surface area contributed by atoms with Crippen LogP contribution in [-0.4, -0.2) is 43.0 Å². The maximum Gasteiger partial charge on any atom is 0.407 e. The van der Waals surface area contributed by atoms with Crippen LogP contribution in [0.25, 0.3) is 0 Å². The van der Waals surface area contributed by atoms with Crippen molar-refractivity contribution in [2.24, 2.45) is 5.92 Å². The van der Waals surface area contributed by atoms with E-state index in [2.05, 4.69) is 5.32 Å². The molecule has 1 aliphatic carbocycles. The van der Waals surface area contributed by atoms with Crippen molar-refractivity contribution in [1.82, 2.24) is 5.32 Å². The van der Waals surface area contributed by atoms with Gasteiger partial charge in [-0.05, 0) is 30.7 Å². The third-order valence-electron chi connectivity index (χ3n) is 4.07. The Morgan fingerprint density at radius 3 is 2.58 bits per heavy atom. The smallest absolute Gasteiger partial charge is 0.407 e. The minimum atomic E-state index is -1.25.